The Morgan fingerprint density at radius 3 is 2.18 bits per heavy atom. The van der Waals surface area contributed by atoms with Crippen molar-refractivity contribution in [2.75, 3.05) is 39.3 Å². The van der Waals surface area contributed by atoms with Crippen molar-refractivity contribution >= 4 is 17.4 Å². The van der Waals surface area contributed by atoms with E-state index in [4.69, 9.17) is 4.74 Å². The highest BCUT2D eigenvalue weighted by Gasteiger charge is 2.41. The van der Waals surface area contributed by atoms with Crippen molar-refractivity contribution in [3.8, 4) is 0 Å². The van der Waals surface area contributed by atoms with Gasteiger partial charge in [0.25, 0.3) is 11.8 Å². The predicted octanol–water partition coefficient (Wildman–Crippen LogP) is 3.32. The molecular formula is C27H33N3O3. The van der Waals surface area contributed by atoms with E-state index in [-0.39, 0.29) is 24.5 Å². The molecule has 1 saturated heterocycles. The summed E-state index contributed by atoms with van der Waals surface area (Å²) in [6.45, 7) is 10.5. The summed E-state index contributed by atoms with van der Waals surface area (Å²) in [5, 5.41) is 0. The van der Waals surface area contributed by atoms with Gasteiger partial charge in [0.2, 0.25) is 0 Å². The highest BCUT2D eigenvalue weighted by atomic mass is 16.5. The summed E-state index contributed by atoms with van der Waals surface area (Å²) in [5.74, 6) is -0.433. The molecule has 33 heavy (non-hydrogen) atoms. The third kappa shape index (κ3) is 5.34. The van der Waals surface area contributed by atoms with Gasteiger partial charge in [0.15, 0.2) is 0 Å². The molecule has 2 aliphatic rings. The average Bonchev–Trinajstić information content (AvgIpc) is 3.05. The van der Waals surface area contributed by atoms with Crippen LogP contribution in [0.3, 0.4) is 0 Å². The van der Waals surface area contributed by atoms with Gasteiger partial charge in [-0.25, -0.2) is 0 Å². The van der Waals surface area contributed by atoms with E-state index in [1.807, 2.05) is 51.1 Å². The van der Waals surface area contributed by atoms with Crippen molar-refractivity contribution < 1.29 is 14.3 Å². The van der Waals surface area contributed by atoms with E-state index >= 15 is 0 Å². The van der Waals surface area contributed by atoms with Crippen molar-refractivity contribution in [3.05, 3.63) is 77.0 Å². The fraction of sp³-hybridized carbons (Fsp3) is 0.407. The summed E-state index contributed by atoms with van der Waals surface area (Å²) in [4.78, 5) is 32.7. The maximum absolute atomic E-state index is 13.5. The zero-order valence-corrected chi connectivity index (χ0v) is 19.8. The smallest absolute Gasteiger partial charge is 0.277 e. The number of amides is 2. The molecule has 2 aromatic carbocycles. The third-order valence-corrected chi connectivity index (χ3v) is 6.19. The topological polar surface area (TPSA) is 53.1 Å². The second kappa shape index (κ2) is 10.3. The number of aryl methyl sites for hydroxylation is 1. The lowest BCUT2D eigenvalue weighted by Crippen LogP contribution is -2.47. The van der Waals surface area contributed by atoms with Crippen LogP contribution in [-0.4, -0.2) is 71.9 Å². The Kier molecular flexibility index (Phi) is 7.26. The summed E-state index contributed by atoms with van der Waals surface area (Å²) >= 11 is 0. The molecule has 0 bridgehead atoms. The second-order valence-corrected chi connectivity index (χ2v) is 9.02. The van der Waals surface area contributed by atoms with Crippen LogP contribution in [0, 0.1) is 6.92 Å². The maximum atomic E-state index is 13.5. The number of ether oxygens (including phenoxy) is 1. The molecule has 0 unspecified atom stereocenters. The van der Waals surface area contributed by atoms with E-state index in [2.05, 4.69) is 34.1 Å². The van der Waals surface area contributed by atoms with Gasteiger partial charge in [-0.3, -0.25) is 19.4 Å². The van der Waals surface area contributed by atoms with Crippen molar-refractivity contribution in [1.29, 1.82) is 0 Å². The summed E-state index contributed by atoms with van der Waals surface area (Å²) in [6, 6.07) is 18.3. The van der Waals surface area contributed by atoms with Gasteiger partial charge in [0.05, 0.1) is 24.8 Å². The Morgan fingerprint density at radius 2 is 1.55 bits per heavy atom. The molecule has 174 valence electrons. The average molecular weight is 448 g/mol. The Hall–Kier alpha value is -2.96. The molecule has 2 aliphatic heterocycles. The van der Waals surface area contributed by atoms with Crippen molar-refractivity contribution in [3.63, 3.8) is 0 Å². The molecule has 0 aliphatic carbocycles. The fourth-order valence-corrected chi connectivity index (χ4v) is 4.39. The number of rotatable bonds is 8. The molecule has 2 amide bonds. The normalized spacial score (nSPS) is 17.6. The molecule has 2 aromatic rings. The van der Waals surface area contributed by atoms with Crippen LogP contribution in [0.1, 0.15) is 30.5 Å². The van der Waals surface area contributed by atoms with Crippen LogP contribution in [-0.2, 0) is 20.9 Å². The number of piperazine rings is 1. The first-order valence-corrected chi connectivity index (χ1v) is 11.7. The van der Waals surface area contributed by atoms with E-state index in [1.54, 1.807) is 0 Å². The Bertz CT molecular complexity index is 1010. The number of hydrogen-bond acceptors (Lipinski definition) is 5. The molecule has 6 nitrogen and oxygen atoms in total. The largest absolute Gasteiger partial charge is 0.377 e. The quantitative estimate of drug-likeness (QED) is 0.581. The van der Waals surface area contributed by atoms with Crippen LogP contribution in [0.4, 0.5) is 0 Å². The minimum absolute atomic E-state index is 0.0551. The molecule has 0 radical (unpaired) electrons. The third-order valence-electron chi connectivity index (χ3n) is 6.19. The minimum Gasteiger partial charge on any atom is -0.377 e. The molecule has 6 heteroatoms. The van der Waals surface area contributed by atoms with Gasteiger partial charge < -0.3 is 9.64 Å². The van der Waals surface area contributed by atoms with Crippen molar-refractivity contribution in [1.82, 2.24) is 14.7 Å². The van der Waals surface area contributed by atoms with E-state index < -0.39 is 0 Å². The number of benzene rings is 2. The van der Waals surface area contributed by atoms with E-state index in [0.29, 0.717) is 31.0 Å². The molecule has 0 N–H and O–H groups in total. The van der Waals surface area contributed by atoms with E-state index in [0.717, 1.165) is 30.8 Å². The van der Waals surface area contributed by atoms with Crippen molar-refractivity contribution in [2.45, 2.75) is 33.4 Å². The Balaban J connectivity index is 1.54. The van der Waals surface area contributed by atoms with Gasteiger partial charge >= 0.3 is 0 Å². The number of nitrogens with zero attached hydrogens (tertiary/aromatic N) is 3. The number of carbonyl (C=O) groups excluding carboxylic acids is 2. The van der Waals surface area contributed by atoms with Gasteiger partial charge in [0.1, 0.15) is 5.70 Å². The van der Waals surface area contributed by atoms with Crippen molar-refractivity contribution in [2.24, 2.45) is 0 Å². The maximum Gasteiger partial charge on any atom is 0.277 e. The number of hydrogen-bond donors (Lipinski definition) is 0. The molecule has 0 atom stereocenters. The lowest BCUT2D eigenvalue weighted by atomic mass is 10.0. The molecular weight excluding hydrogens is 414 g/mol. The van der Waals surface area contributed by atoms with Gasteiger partial charge in [-0.2, -0.15) is 0 Å². The number of imide groups is 1. The fourth-order valence-electron chi connectivity index (χ4n) is 4.39. The molecule has 0 saturated carbocycles. The summed E-state index contributed by atoms with van der Waals surface area (Å²) in [5.41, 5.74) is 4.25. The van der Waals surface area contributed by atoms with Crippen LogP contribution in [0.2, 0.25) is 0 Å². The van der Waals surface area contributed by atoms with Gasteiger partial charge in [0, 0.05) is 32.7 Å². The lowest BCUT2D eigenvalue weighted by Gasteiger charge is -2.36. The van der Waals surface area contributed by atoms with Crippen LogP contribution < -0.4 is 0 Å². The minimum atomic E-state index is -0.224. The molecule has 1 fully saturated rings. The SMILES string of the molecule is Cc1ccc(C2=C(N3CCN(Cc4ccccc4)CC3)C(=O)N(CCOC(C)C)C2=O)cc1. The molecule has 4 rings (SSSR count). The standard InChI is InChI=1S/C27H33N3O3/c1-20(2)33-18-17-30-26(31)24(23-11-9-21(3)10-12-23)25(27(30)32)29-15-13-28(14-16-29)19-22-7-5-4-6-8-22/h4-12,20H,13-19H2,1-3H3. The van der Waals surface area contributed by atoms with Gasteiger partial charge in [-0.1, -0.05) is 60.2 Å². The van der Waals surface area contributed by atoms with E-state index in [1.165, 1.54) is 10.5 Å². The van der Waals surface area contributed by atoms with Crippen LogP contribution >= 0.6 is 0 Å². The van der Waals surface area contributed by atoms with Crippen LogP contribution in [0.25, 0.3) is 5.57 Å². The zero-order valence-electron chi connectivity index (χ0n) is 19.8. The highest BCUT2D eigenvalue weighted by molar-refractivity contribution is 6.35. The highest BCUT2D eigenvalue weighted by Crippen LogP contribution is 2.32. The zero-order chi connectivity index (χ0) is 23.4. The summed E-state index contributed by atoms with van der Waals surface area (Å²) < 4.78 is 5.62. The molecule has 0 spiro atoms. The Morgan fingerprint density at radius 1 is 0.879 bits per heavy atom. The first kappa shape index (κ1) is 23.2. The monoisotopic (exact) mass is 447 g/mol. The van der Waals surface area contributed by atoms with E-state index in [9.17, 15) is 9.59 Å². The van der Waals surface area contributed by atoms with Gasteiger partial charge in [-0.15, -0.1) is 0 Å². The summed E-state index contributed by atoms with van der Waals surface area (Å²) in [7, 11) is 0. The second-order valence-electron chi connectivity index (χ2n) is 9.02. The first-order valence-electron chi connectivity index (χ1n) is 11.7. The molecule has 0 aromatic heterocycles. The number of carbonyl (C=O) groups is 2. The Labute approximate surface area is 196 Å². The predicted molar refractivity (Wildman–Crippen MR) is 129 cm³/mol. The molecule has 2 heterocycles. The van der Waals surface area contributed by atoms with Gasteiger partial charge in [-0.05, 0) is 31.9 Å². The summed E-state index contributed by atoms with van der Waals surface area (Å²) in [6.07, 6.45) is 0.0551. The van der Waals surface area contributed by atoms with Crippen LogP contribution in [0.5, 0.6) is 0 Å². The van der Waals surface area contributed by atoms with Crippen LogP contribution in [0.15, 0.2) is 60.3 Å². The first-order chi connectivity index (χ1) is 15.9. The lowest BCUT2D eigenvalue weighted by molar-refractivity contribution is -0.138.